The highest BCUT2D eigenvalue weighted by molar-refractivity contribution is 5.81. The normalized spacial score (nSPS) is 17.6. The lowest BCUT2D eigenvalue weighted by atomic mass is 9.98. The van der Waals surface area contributed by atoms with E-state index in [-0.39, 0.29) is 0 Å². The van der Waals surface area contributed by atoms with Crippen LogP contribution in [0.3, 0.4) is 0 Å². The van der Waals surface area contributed by atoms with Gasteiger partial charge < -0.3 is 16.8 Å². The second-order valence-electron chi connectivity index (χ2n) is 12.6. The van der Waals surface area contributed by atoms with Gasteiger partial charge in [-0.2, -0.15) is 0 Å². The van der Waals surface area contributed by atoms with Crippen molar-refractivity contribution in [2.45, 2.75) is 186 Å². The average Bonchev–Trinajstić information content (AvgIpc) is 3.32. The van der Waals surface area contributed by atoms with E-state index >= 15 is 0 Å². The maximum atomic E-state index is 6.65. The molecule has 1 atom stereocenters. The van der Waals surface area contributed by atoms with Crippen molar-refractivity contribution < 1.29 is 0 Å². The van der Waals surface area contributed by atoms with Crippen molar-refractivity contribution in [1.29, 1.82) is 0 Å². The molecule has 4 nitrogen and oxygen atoms in total. The van der Waals surface area contributed by atoms with E-state index in [1.165, 1.54) is 154 Å². The molecule has 0 saturated carbocycles. The Kier molecular flexibility index (Phi) is 24.9. The van der Waals surface area contributed by atoms with Crippen molar-refractivity contribution in [1.82, 2.24) is 5.32 Å². The molecule has 0 radical (unpaired) electrons. The largest absolute Gasteiger partial charge is 0.370 e. The summed E-state index contributed by atoms with van der Waals surface area (Å²) in [6.45, 7) is 5.07. The first-order valence-corrected chi connectivity index (χ1v) is 18.0. The summed E-state index contributed by atoms with van der Waals surface area (Å²) in [5.41, 5.74) is 12.9. The molecule has 1 rings (SSSR count). The summed E-state index contributed by atoms with van der Waals surface area (Å²) in [7, 11) is 0. The minimum Gasteiger partial charge on any atom is -0.370 e. The zero-order valence-corrected chi connectivity index (χ0v) is 27.6. The highest BCUT2D eigenvalue weighted by atomic mass is 15.3. The second kappa shape index (κ2) is 27.3. The minimum atomic E-state index is -0.697. The van der Waals surface area contributed by atoms with E-state index in [2.05, 4.69) is 54.5 Å². The van der Waals surface area contributed by atoms with E-state index in [9.17, 15) is 0 Å². The summed E-state index contributed by atoms with van der Waals surface area (Å²) >= 11 is 0. The molecule has 0 saturated heterocycles. The van der Waals surface area contributed by atoms with Gasteiger partial charge in [0.2, 0.25) is 0 Å². The number of allylic oxidation sites excluding steroid dienone is 4. The molecule has 1 unspecified atom stereocenters. The number of unbranched alkanes of at least 4 members (excludes halogenated alkanes) is 24. The topological polar surface area (TPSA) is 76.4 Å². The van der Waals surface area contributed by atoms with Crippen LogP contribution in [0.4, 0.5) is 0 Å². The molecule has 0 spiro atoms. The number of aliphatic imine (C=N–C) groups is 1. The first-order chi connectivity index (χ1) is 20.1. The molecule has 238 valence electrons. The predicted molar refractivity (Wildman–Crippen MR) is 184 cm³/mol. The molecule has 5 N–H and O–H groups in total. The van der Waals surface area contributed by atoms with Gasteiger partial charge in [0.25, 0.3) is 0 Å². The van der Waals surface area contributed by atoms with Crippen molar-refractivity contribution >= 4 is 5.96 Å². The van der Waals surface area contributed by atoms with Gasteiger partial charge in [-0.15, -0.1) is 0 Å². The Morgan fingerprint density at radius 3 is 1.41 bits per heavy atom. The third-order valence-electron chi connectivity index (χ3n) is 8.52. The summed E-state index contributed by atoms with van der Waals surface area (Å²) in [4.78, 5) is 4.31. The van der Waals surface area contributed by atoms with Gasteiger partial charge in [0, 0.05) is 0 Å². The summed E-state index contributed by atoms with van der Waals surface area (Å²) in [6, 6.07) is 0. The Morgan fingerprint density at radius 1 is 0.634 bits per heavy atom. The van der Waals surface area contributed by atoms with E-state index in [4.69, 9.17) is 11.5 Å². The van der Waals surface area contributed by atoms with Crippen LogP contribution in [0.2, 0.25) is 0 Å². The Morgan fingerprint density at radius 2 is 1.02 bits per heavy atom. The molecule has 1 aliphatic rings. The molecular weight excluding hydrogens is 500 g/mol. The number of nitrogens with two attached hydrogens (primary N) is 2. The van der Waals surface area contributed by atoms with Gasteiger partial charge in [-0.3, -0.25) is 0 Å². The van der Waals surface area contributed by atoms with Crippen molar-refractivity contribution in [3.8, 4) is 0 Å². The van der Waals surface area contributed by atoms with Gasteiger partial charge in [0.15, 0.2) is 5.96 Å². The summed E-state index contributed by atoms with van der Waals surface area (Å²) < 4.78 is 0. The van der Waals surface area contributed by atoms with Gasteiger partial charge in [-0.05, 0) is 31.3 Å². The highest BCUT2D eigenvalue weighted by Gasteiger charge is 2.32. The first kappa shape index (κ1) is 37.5. The van der Waals surface area contributed by atoms with Gasteiger partial charge in [0.05, 0.1) is 6.54 Å². The molecule has 0 aromatic rings. The second-order valence-corrected chi connectivity index (χ2v) is 12.6. The molecule has 1 aliphatic heterocycles. The van der Waals surface area contributed by atoms with Crippen molar-refractivity contribution in [2.24, 2.45) is 16.5 Å². The molecule has 0 aromatic carbocycles. The number of nitrogens with one attached hydrogen (secondary N) is 1. The van der Waals surface area contributed by atoms with Crippen LogP contribution >= 0.6 is 0 Å². The Bertz CT molecular complexity index is 708. The number of hydrogen-bond donors (Lipinski definition) is 3. The standard InChI is InChI=1S/C37H70N4/c1-3-5-7-9-11-13-15-17-19-21-23-25-27-29-31-33-35(37(39)34-40-36(38)41-37)32-30-28-26-24-22-20-18-16-14-12-10-8-6-4-2/h28,30-33H,3-27,29,34,39H2,1-2H3,(H3,38,40,41). The van der Waals surface area contributed by atoms with Crippen molar-refractivity contribution in [2.75, 3.05) is 6.54 Å². The van der Waals surface area contributed by atoms with Crippen LogP contribution in [0.1, 0.15) is 181 Å². The van der Waals surface area contributed by atoms with E-state index in [1.807, 2.05) is 0 Å². The van der Waals surface area contributed by atoms with Crippen LogP contribution in [0.15, 0.2) is 40.9 Å². The maximum Gasteiger partial charge on any atom is 0.190 e. The van der Waals surface area contributed by atoms with E-state index in [0.717, 1.165) is 18.4 Å². The molecule has 41 heavy (non-hydrogen) atoms. The lowest BCUT2D eigenvalue weighted by Gasteiger charge is -2.25. The third kappa shape index (κ3) is 21.8. The quantitative estimate of drug-likeness (QED) is 0.0618. The van der Waals surface area contributed by atoms with E-state index in [1.54, 1.807) is 0 Å². The highest BCUT2D eigenvalue weighted by Crippen LogP contribution is 2.19. The number of nitrogens with zero attached hydrogens (tertiary/aromatic N) is 1. The smallest absolute Gasteiger partial charge is 0.190 e. The SMILES string of the molecule is CCCCCCCCCCCCCC=CC=C(C=CCCCCCCCCCCCCCCC)C1(N)CN=C(N)N1. The fraction of sp³-hybridized carbons (Fsp3) is 0.811. The fourth-order valence-corrected chi connectivity index (χ4v) is 5.72. The molecule has 0 bridgehead atoms. The summed E-state index contributed by atoms with van der Waals surface area (Å²) in [6.07, 6.45) is 46.7. The van der Waals surface area contributed by atoms with Gasteiger partial charge in [-0.25, -0.2) is 4.99 Å². The number of rotatable bonds is 29. The molecule has 0 aliphatic carbocycles. The average molecular weight is 571 g/mol. The molecular formula is C37H70N4. The van der Waals surface area contributed by atoms with Crippen molar-refractivity contribution in [3.05, 3.63) is 36.0 Å². The van der Waals surface area contributed by atoms with E-state index < -0.39 is 5.66 Å². The first-order valence-electron chi connectivity index (χ1n) is 18.0. The minimum absolute atomic E-state index is 0.438. The van der Waals surface area contributed by atoms with Gasteiger partial charge in [0.1, 0.15) is 5.66 Å². The van der Waals surface area contributed by atoms with Gasteiger partial charge in [-0.1, -0.05) is 185 Å². The van der Waals surface area contributed by atoms with Crippen LogP contribution in [-0.4, -0.2) is 18.2 Å². The lowest BCUT2D eigenvalue weighted by Crippen LogP contribution is -2.56. The monoisotopic (exact) mass is 571 g/mol. The number of hydrogen-bond acceptors (Lipinski definition) is 4. The van der Waals surface area contributed by atoms with E-state index in [0.29, 0.717) is 12.5 Å². The van der Waals surface area contributed by atoms with Crippen LogP contribution in [-0.2, 0) is 0 Å². The van der Waals surface area contributed by atoms with Crippen LogP contribution in [0.5, 0.6) is 0 Å². The maximum absolute atomic E-state index is 6.65. The molecule has 1 heterocycles. The van der Waals surface area contributed by atoms with Crippen molar-refractivity contribution in [3.63, 3.8) is 0 Å². The fourth-order valence-electron chi connectivity index (χ4n) is 5.72. The van der Waals surface area contributed by atoms with Gasteiger partial charge >= 0.3 is 0 Å². The Labute approximate surface area is 256 Å². The van der Waals surface area contributed by atoms with Crippen LogP contribution in [0.25, 0.3) is 0 Å². The predicted octanol–water partition coefficient (Wildman–Crippen LogP) is 10.8. The zero-order chi connectivity index (χ0) is 29.7. The zero-order valence-electron chi connectivity index (χ0n) is 27.6. The number of guanidine groups is 1. The third-order valence-corrected chi connectivity index (χ3v) is 8.52. The summed E-state index contributed by atoms with van der Waals surface area (Å²) in [5, 5.41) is 3.18. The molecule has 0 fully saturated rings. The van der Waals surface area contributed by atoms with Crippen LogP contribution in [0, 0.1) is 0 Å². The lowest BCUT2D eigenvalue weighted by molar-refractivity contribution is 0.515. The molecule has 4 heteroatoms. The molecule has 0 aromatic heterocycles. The Balaban J connectivity index is 2.18. The van der Waals surface area contributed by atoms with Crippen LogP contribution < -0.4 is 16.8 Å². The molecule has 0 amide bonds. The Hall–Kier alpha value is -1.55. The summed E-state index contributed by atoms with van der Waals surface area (Å²) in [5.74, 6) is 0.438.